The molecule has 0 amide bonds. The molecule has 0 radical (unpaired) electrons. The molecule has 0 unspecified atom stereocenters. The highest BCUT2D eigenvalue weighted by atomic mass is 32.2. The first-order chi connectivity index (χ1) is 9.06. The number of anilines is 1. The van der Waals surface area contributed by atoms with E-state index in [0.29, 0.717) is 16.4 Å². The Bertz CT molecular complexity index is 650. The minimum absolute atomic E-state index is 0.189. The van der Waals surface area contributed by atoms with Gasteiger partial charge in [-0.15, -0.1) is 11.3 Å². The third kappa shape index (κ3) is 3.03. The van der Waals surface area contributed by atoms with Gasteiger partial charge in [-0.2, -0.15) is 0 Å². The summed E-state index contributed by atoms with van der Waals surface area (Å²) in [6, 6.07) is 4.69. The molecule has 0 aliphatic heterocycles. The second kappa shape index (κ2) is 5.55. The van der Waals surface area contributed by atoms with Crippen LogP contribution < -0.4 is 15.2 Å². The van der Waals surface area contributed by atoms with Crippen LogP contribution in [0.15, 0.2) is 34.7 Å². The highest BCUT2D eigenvalue weighted by Crippen LogP contribution is 2.24. The molecule has 2 heterocycles. The van der Waals surface area contributed by atoms with Crippen molar-refractivity contribution in [2.24, 2.45) is 5.73 Å². The molecule has 0 saturated carbocycles. The summed E-state index contributed by atoms with van der Waals surface area (Å²) < 4.78 is 31.7. The molecule has 2 aromatic heterocycles. The molecule has 2 aromatic rings. The van der Waals surface area contributed by atoms with E-state index < -0.39 is 10.0 Å². The topological polar surface area (TPSA) is 94.3 Å². The number of hydrogen-bond acceptors (Lipinski definition) is 6. The van der Waals surface area contributed by atoms with Crippen molar-refractivity contribution in [3.8, 4) is 5.88 Å². The number of rotatable bonds is 5. The molecule has 8 heteroatoms. The fraction of sp³-hybridized carbons (Fsp3) is 0.182. The van der Waals surface area contributed by atoms with E-state index in [2.05, 4.69) is 9.71 Å². The van der Waals surface area contributed by atoms with E-state index in [0.717, 1.165) is 0 Å². The van der Waals surface area contributed by atoms with Crippen LogP contribution in [-0.2, 0) is 16.6 Å². The quantitative estimate of drug-likeness (QED) is 0.870. The Morgan fingerprint density at radius 3 is 2.79 bits per heavy atom. The number of pyridine rings is 1. The van der Waals surface area contributed by atoms with Crippen LogP contribution in [0.3, 0.4) is 0 Å². The summed E-state index contributed by atoms with van der Waals surface area (Å²) in [7, 11) is -2.14. The maximum Gasteiger partial charge on any atom is 0.263 e. The van der Waals surface area contributed by atoms with Gasteiger partial charge in [0.2, 0.25) is 5.88 Å². The number of sulfonamides is 1. The van der Waals surface area contributed by atoms with Crippen molar-refractivity contribution in [2.75, 3.05) is 11.8 Å². The fourth-order valence-corrected chi connectivity index (χ4v) is 3.87. The van der Waals surface area contributed by atoms with Crippen LogP contribution in [0.1, 0.15) is 4.88 Å². The van der Waals surface area contributed by atoms with Gasteiger partial charge in [0.25, 0.3) is 10.0 Å². The number of ether oxygens (including phenoxy) is 1. The third-order valence-corrected chi connectivity index (χ3v) is 4.92. The first-order valence-corrected chi connectivity index (χ1v) is 7.72. The number of nitrogens with zero attached hydrogens (tertiary/aromatic N) is 1. The lowest BCUT2D eigenvalue weighted by Crippen LogP contribution is -2.14. The first-order valence-electron chi connectivity index (χ1n) is 5.36. The standard InChI is InChI=1S/C11H13N3O3S2/c1-17-11-3-2-8(7-13-11)14-19(15,16)10-4-5-18-9(10)6-12/h2-5,7,14H,6,12H2,1H3. The van der Waals surface area contributed by atoms with Crippen molar-refractivity contribution >= 4 is 27.0 Å². The van der Waals surface area contributed by atoms with Crippen LogP contribution in [-0.4, -0.2) is 20.5 Å². The van der Waals surface area contributed by atoms with Gasteiger partial charge in [0.15, 0.2) is 0 Å². The van der Waals surface area contributed by atoms with E-state index in [9.17, 15) is 8.42 Å². The van der Waals surface area contributed by atoms with Gasteiger partial charge in [0.05, 0.1) is 19.0 Å². The van der Waals surface area contributed by atoms with Crippen LogP contribution in [0, 0.1) is 0 Å². The molecular weight excluding hydrogens is 286 g/mol. The molecule has 102 valence electrons. The lowest BCUT2D eigenvalue weighted by Gasteiger charge is -2.08. The van der Waals surface area contributed by atoms with Crippen LogP contribution in [0.5, 0.6) is 5.88 Å². The van der Waals surface area contributed by atoms with Gasteiger partial charge in [-0.1, -0.05) is 0 Å². The minimum atomic E-state index is -3.63. The zero-order chi connectivity index (χ0) is 13.9. The van der Waals surface area contributed by atoms with Crippen molar-refractivity contribution in [3.63, 3.8) is 0 Å². The molecule has 0 aliphatic rings. The second-order valence-electron chi connectivity index (χ2n) is 3.61. The van der Waals surface area contributed by atoms with Gasteiger partial charge in [-0.05, 0) is 17.5 Å². The molecule has 2 rings (SSSR count). The lowest BCUT2D eigenvalue weighted by atomic mass is 10.4. The normalized spacial score (nSPS) is 11.3. The molecule has 0 fully saturated rings. The number of hydrogen-bond donors (Lipinski definition) is 2. The number of aromatic nitrogens is 1. The number of nitrogens with two attached hydrogens (primary N) is 1. The van der Waals surface area contributed by atoms with Gasteiger partial charge in [-0.3, -0.25) is 4.72 Å². The summed E-state index contributed by atoms with van der Waals surface area (Å²) in [4.78, 5) is 4.76. The molecule has 3 N–H and O–H groups in total. The average molecular weight is 299 g/mol. The molecule has 0 spiro atoms. The molecule has 19 heavy (non-hydrogen) atoms. The third-order valence-electron chi connectivity index (χ3n) is 2.38. The predicted octanol–water partition coefficient (Wildman–Crippen LogP) is 1.41. The molecule has 0 saturated heterocycles. The summed E-state index contributed by atoms with van der Waals surface area (Å²) in [5.41, 5.74) is 5.88. The van der Waals surface area contributed by atoms with Gasteiger partial charge < -0.3 is 10.5 Å². The summed E-state index contributed by atoms with van der Waals surface area (Å²) in [6.45, 7) is 0.189. The smallest absolute Gasteiger partial charge is 0.263 e. The van der Waals surface area contributed by atoms with E-state index in [-0.39, 0.29) is 11.4 Å². The molecule has 0 bridgehead atoms. The minimum Gasteiger partial charge on any atom is -0.481 e. The zero-order valence-corrected chi connectivity index (χ0v) is 11.8. The van der Waals surface area contributed by atoms with Crippen molar-refractivity contribution in [3.05, 3.63) is 34.7 Å². The number of thiophene rings is 1. The zero-order valence-electron chi connectivity index (χ0n) is 10.2. The van der Waals surface area contributed by atoms with Gasteiger partial charge >= 0.3 is 0 Å². The molecule has 6 nitrogen and oxygen atoms in total. The lowest BCUT2D eigenvalue weighted by molar-refractivity contribution is 0.398. The molecule has 0 aromatic carbocycles. The molecule has 0 aliphatic carbocycles. The van der Waals surface area contributed by atoms with Crippen LogP contribution in [0.4, 0.5) is 5.69 Å². The summed E-state index contributed by atoms with van der Waals surface area (Å²) in [5, 5.41) is 1.70. The van der Waals surface area contributed by atoms with Crippen LogP contribution in [0.25, 0.3) is 0 Å². The van der Waals surface area contributed by atoms with Crippen LogP contribution in [0.2, 0.25) is 0 Å². The van der Waals surface area contributed by atoms with E-state index in [1.54, 1.807) is 17.5 Å². The van der Waals surface area contributed by atoms with Crippen molar-refractivity contribution in [2.45, 2.75) is 11.4 Å². The van der Waals surface area contributed by atoms with E-state index in [1.165, 1.54) is 30.7 Å². The van der Waals surface area contributed by atoms with E-state index >= 15 is 0 Å². The highest BCUT2D eigenvalue weighted by Gasteiger charge is 2.19. The van der Waals surface area contributed by atoms with Crippen molar-refractivity contribution in [1.82, 2.24) is 4.98 Å². The van der Waals surface area contributed by atoms with E-state index in [4.69, 9.17) is 10.5 Å². The Labute approximate surface area is 115 Å². The fourth-order valence-electron chi connectivity index (χ4n) is 1.49. The van der Waals surface area contributed by atoms with Gasteiger partial charge in [-0.25, -0.2) is 13.4 Å². The Balaban J connectivity index is 2.26. The Hall–Kier alpha value is -1.64. The summed E-state index contributed by atoms with van der Waals surface area (Å²) in [6.07, 6.45) is 1.39. The highest BCUT2D eigenvalue weighted by molar-refractivity contribution is 7.93. The van der Waals surface area contributed by atoms with E-state index in [1.807, 2.05) is 0 Å². The van der Waals surface area contributed by atoms with Gasteiger partial charge in [0.1, 0.15) is 4.90 Å². The Kier molecular flexibility index (Phi) is 4.03. The SMILES string of the molecule is COc1ccc(NS(=O)(=O)c2ccsc2CN)cn1. The molecular formula is C11H13N3O3S2. The maximum absolute atomic E-state index is 12.2. The predicted molar refractivity (Wildman–Crippen MR) is 73.8 cm³/mol. The molecule has 0 atom stereocenters. The summed E-state index contributed by atoms with van der Waals surface area (Å²) in [5.74, 6) is 0.418. The number of methoxy groups -OCH3 is 1. The Morgan fingerprint density at radius 1 is 1.42 bits per heavy atom. The maximum atomic E-state index is 12.2. The Morgan fingerprint density at radius 2 is 2.21 bits per heavy atom. The second-order valence-corrected chi connectivity index (χ2v) is 6.26. The van der Waals surface area contributed by atoms with Crippen molar-refractivity contribution < 1.29 is 13.2 Å². The number of nitrogens with one attached hydrogen (secondary N) is 1. The first kappa shape index (κ1) is 13.8. The van der Waals surface area contributed by atoms with Crippen molar-refractivity contribution in [1.29, 1.82) is 0 Å². The monoisotopic (exact) mass is 299 g/mol. The average Bonchev–Trinajstić information content (AvgIpc) is 2.88. The van der Waals surface area contributed by atoms with Crippen LogP contribution >= 0.6 is 11.3 Å². The van der Waals surface area contributed by atoms with Gasteiger partial charge in [0, 0.05) is 17.5 Å². The largest absolute Gasteiger partial charge is 0.481 e. The summed E-state index contributed by atoms with van der Waals surface area (Å²) >= 11 is 1.31.